The number of rotatable bonds is 2. The third-order valence-corrected chi connectivity index (χ3v) is 4.59. The van der Waals surface area contributed by atoms with Crippen molar-refractivity contribution < 1.29 is 8.42 Å². The molecule has 0 aromatic carbocycles. The van der Waals surface area contributed by atoms with E-state index in [9.17, 15) is 8.42 Å². The van der Waals surface area contributed by atoms with E-state index in [1.807, 2.05) is 0 Å². The first-order valence-electron chi connectivity index (χ1n) is 4.75. The van der Waals surface area contributed by atoms with Gasteiger partial charge >= 0.3 is 0 Å². The highest BCUT2D eigenvalue weighted by atomic mass is 32.2. The Bertz CT molecular complexity index is 281. The second-order valence-electron chi connectivity index (χ2n) is 3.58. The zero-order valence-corrected chi connectivity index (χ0v) is 8.52. The van der Waals surface area contributed by atoms with Gasteiger partial charge in [-0.05, 0) is 12.8 Å². The Morgan fingerprint density at radius 1 is 1.15 bits per heavy atom. The first kappa shape index (κ1) is 10.5. The van der Waals surface area contributed by atoms with Crippen LogP contribution in [-0.4, -0.2) is 19.4 Å². The molecule has 1 saturated carbocycles. The SMILES string of the molecule is N#CCS(=O)(=O)C1CCCCCC1. The maximum Gasteiger partial charge on any atom is 0.166 e. The summed E-state index contributed by atoms with van der Waals surface area (Å²) < 4.78 is 23.0. The summed E-state index contributed by atoms with van der Waals surface area (Å²) in [7, 11) is -3.12. The molecule has 0 aromatic heterocycles. The van der Waals surface area contributed by atoms with Crippen molar-refractivity contribution in [3.8, 4) is 6.07 Å². The quantitative estimate of drug-likeness (QED) is 0.638. The van der Waals surface area contributed by atoms with E-state index in [2.05, 4.69) is 0 Å². The Kier molecular flexibility index (Phi) is 3.73. The van der Waals surface area contributed by atoms with Crippen LogP contribution < -0.4 is 0 Å². The van der Waals surface area contributed by atoms with Gasteiger partial charge < -0.3 is 0 Å². The van der Waals surface area contributed by atoms with Gasteiger partial charge in [-0.15, -0.1) is 0 Å². The molecule has 0 heterocycles. The summed E-state index contributed by atoms with van der Waals surface area (Å²) in [6, 6.07) is 1.74. The van der Waals surface area contributed by atoms with E-state index in [4.69, 9.17) is 5.26 Å². The summed E-state index contributed by atoms with van der Waals surface area (Å²) in [4.78, 5) is 0. The Morgan fingerprint density at radius 3 is 2.15 bits per heavy atom. The largest absolute Gasteiger partial charge is 0.227 e. The van der Waals surface area contributed by atoms with Gasteiger partial charge in [0.15, 0.2) is 9.84 Å². The molecule has 3 nitrogen and oxygen atoms in total. The van der Waals surface area contributed by atoms with Crippen LogP contribution in [0.15, 0.2) is 0 Å². The summed E-state index contributed by atoms with van der Waals surface area (Å²) in [6.45, 7) is 0. The zero-order chi connectivity index (χ0) is 9.73. The molecule has 0 radical (unpaired) electrons. The van der Waals surface area contributed by atoms with E-state index in [-0.39, 0.29) is 11.0 Å². The predicted octanol–water partition coefficient (Wildman–Crippen LogP) is 1.65. The molecule has 0 atom stereocenters. The highest BCUT2D eigenvalue weighted by Crippen LogP contribution is 2.23. The van der Waals surface area contributed by atoms with Crippen LogP contribution in [0.25, 0.3) is 0 Å². The second kappa shape index (κ2) is 4.61. The monoisotopic (exact) mass is 201 g/mol. The molecule has 0 amide bonds. The Labute approximate surface area is 79.7 Å². The van der Waals surface area contributed by atoms with Crippen molar-refractivity contribution in [1.82, 2.24) is 0 Å². The van der Waals surface area contributed by atoms with Gasteiger partial charge in [-0.1, -0.05) is 25.7 Å². The Morgan fingerprint density at radius 2 is 1.69 bits per heavy atom. The first-order chi connectivity index (χ1) is 6.17. The van der Waals surface area contributed by atoms with Crippen molar-refractivity contribution in [3.63, 3.8) is 0 Å². The number of nitrogens with zero attached hydrogens (tertiary/aromatic N) is 1. The van der Waals surface area contributed by atoms with Gasteiger partial charge in [-0.3, -0.25) is 0 Å². The third kappa shape index (κ3) is 3.00. The molecule has 0 spiro atoms. The molecule has 13 heavy (non-hydrogen) atoms. The zero-order valence-electron chi connectivity index (χ0n) is 7.70. The van der Waals surface area contributed by atoms with Gasteiger partial charge in [0.25, 0.3) is 0 Å². The molecular weight excluding hydrogens is 186 g/mol. The smallest absolute Gasteiger partial charge is 0.166 e. The van der Waals surface area contributed by atoms with Crippen LogP contribution in [0.1, 0.15) is 38.5 Å². The van der Waals surface area contributed by atoms with Crippen LogP contribution in [0.3, 0.4) is 0 Å². The summed E-state index contributed by atoms with van der Waals surface area (Å²) >= 11 is 0. The lowest BCUT2D eigenvalue weighted by atomic mass is 10.2. The highest BCUT2D eigenvalue weighted by Gasteiger charge is 2.25. The minimum atomic E-state index is -3.12. The van der Waals surface area contributed by atoms with E-state index < -0.39 is 9.84 Å². The third-order valence-electron chi connectivity index (χ3n) is 2.58. The van der Waals surface area contributed by atoms with Crippen molar-refractivity contribution in [2.45, 2.75) is 43.8 Å². The molecule has 1 rings (SSSR count). The standard InChI is InChI=1S/C9H15NO2S/c10-7-8-13(11,12)9-5-3-1-2-4-6-9/h9H,1-6,8H2. The topological polar surface area (TPSA) is 57.9 Å². The first-order valence-corrected chi connectivity index (χ1v) is 6.47. The molecular formula is C9H15NO2S. The van der Waals surface area contributed by atoms with Gasteiger partial charge in [0.05, 0.1) is 11.3 Å². The molecule has 0 aromatic rings. The van der Waals surface area contributed by atoms with E-state index in [0.717, 1.165) is 38.5 Å². The predicted molar refractivity (Wildman–Crippen MR) is 50.9 cm³/mol. The molecule has 0 unspecified atom stereocenters. The molecule has 1 aliphatic rings. The van der Waals surface area contributed by atoms with E-state index in [1.165, 1.54) is 0 Å². The van der Waals surface area contributed by atoms with Crippen molar-refractivity contribution in [2.75, 3.05) is 5.75 Å². The minimum Gasteiger partial charge on any atom is -0.227 e. The van der Waals surface area contributed by atoms with Crippen molar-refractivity contribution in [2.24, 2.45) is 0 Å². The van der Waals surface area contributed by atoms with Gasteiger partial charge in [0, 0.05) is 0 Å². The number of hydrogen-bond donors (Lipinski definition) is 0. The number of sulfone groups is 1. The van der Waals surface area contributed by atoms with Gasteiger partial charge in [0.1, 0.15) is 5.75 Å². The Balaban J connectivity index is 2.64. The molecule has 0 aliphatic heterocycles. The molecule has 4 heteroatoms. The van der Waals surface area contributed by atoms with Crippen LogP contribution in [0.5, 0.6) is 0 Å². The van der Waals surface area contributed by atoms with Crippen LogP contribution in [0.4, 0.5) is 0 Å². The van der Waals surface area contributed by atoms with Crippen LogP contribution in [0, 0.1) is 11.3 Å². The maximum atomic E-state index is 11.5. The van der Waals surface area contributed by atoms with Gasteiger partial charge in [-0.25, -0.2) is 8.42 Å². The summed E-state index contributed by atoms with van der Waals surface area (Å²) in [6.07, 6.45) is 5.77. The summed E-state index contributed by atoms with van der Waals surface area (Å²) in [5.74, 6) is -0.308. The molecule has 0 N–H and O–H groups in total. The fraction of sp³-hybridized carbons (Fsp3) is 0.889. The summed E-state index contributed by atoms with van der Waals surface area (Å²) in [5, 5.41) is 8.13. The fourth-order valence-corrected chi connectivity index (χ4v) is 3.28. The lowest BCUT2D eigenvalue weighted by Crippen LogP contribution is -2.22. The normalized spacial score (nSPS) is 20.5. The maximum absolute atomic E-state index is 11.5. The molecule has 0 saturated heterocycles. The highest BCUT2D eigenvalue weighted by molar-refractivity contribution is 7.92. The van der Waals surface area contributed by atoms with E-state index in [1.54, 1.807) is 6.07 Å². The van der Waals surface area contributed by atoms with Gasteiger partial charge in [-0.2, -0.15) is 5.26 Å². The Hall–Kier alpha value is -0.560. The van der Waals surface area contributed by atoms with Crippen molar-refractivity contribution in [1.29, 1.82) is 5.26 Å². The van der Waals surface area contributed by atoms with E-state index in [0.29, 0.717) is 0 Å². The number of hydrogen-bond acceptors (Lipinski definition) is 3. The molecule has 74 valence electrons. The van der Waals surface area contributed by atoms with Crippen molar-refractivity contribution in [3.05, 3.63) is 0 Å². The fourth-order valence-electron chi connectivity index (χ4n) is 1.81. The molecule has 0 bridgehead atoms. The van der Waals surface area contributed by atoms with Crippen LogP contribution in [0.2, 0.25) is 0 Å². The lowest BCUT2D eigenvalue weighted by Gasteiger charge is -2.11. The average molecular weight is 201 g/mol. The van der Waals surface area contributed by atoms with Gasteiger partial charge in [0.2, 0.25) is 0 Å². The number of nitriles is 1. The summed E-state index contributed by atoms with van der Waals surface area (Å²) in [5.41, 5.74) is 0. The average Bonchev–Trinajstić information content (AvgIpc) is 2.31. The van der Waals surface area contributed by atoms with Crippen LogP contribution in [-0.2, 0) is 9.84 Å². The lowest BCUT2D eigenvalue weighted by molar-refractivity contribution is 0.566. The molecule has 1 aliphatic carbocycles. The van der Waals surface area contributed by atoms with E-state index >= 15 is 0 Å². The van der Waals surface area contributed by atoms with Crippen molar-refractivity contribution >= 4 is 9.84 Å². The molecule has 1 fully saturated rings. The second-order valence-corrected chi connectivity index (χ2v) is 5.86. The minimum absolute atomic E-state index is 0.241. The van der Waals surface area contributed by atoms with Crippen LogP contribution >= 0.6 is 0 Å².